The van der Waals surface area contributed by atoms with Crippen LogP contribution in [0.4, 0.5) is 0 Å². The van der Waals surface area contributed by atoms with Gasteiger partial charge in [-0.2, -0.15) is 0 Å². The zero-order chi connectivity index (χ0) is 14.1. The fraction of sp³-hybridized carbons (Fsp3) is 0.400. The molecule has 0 aromatic heterocycles. The molecule has 2 aliphatic rings. The molecule has 1 aromatic carbocycles. The normalized spacial score (nSPS) is 18.1. The van der Waals surface area contributed by atoms with Crippen molar-refractivity contribution in [2.45, 2.75) is 38.5 Å². The first-order chi connectivity index (χ1) is 9.65. The minimum Gasteiger partial charge on any atom is -0.325 e. The largest absolute Gasteiger partial charge is 0.363 e. The van der Waals surface area contributed by atoms with Crippen LogP contribution in [0.3, 0.4) is 0 Å². The highest BCUT2D eigenvalue weighted by atomic mass is 16.7. The van der Waals surface area contributed by atoms with Crippen molar-refractivity contribution in [1.29, 1.82) is 0 Å². The second-order valence-electron chi connectivity index (χ2n) is 5.15. The van der Waals surface area contributed by atoms with Gasteiger partial charge in [0.2, 0.25) is 0 Å². The lowest BCUT2D eigenvalue weighted by Crippen LogP contribution is -2.32. The minimum absolute atomic E-state index is 0.107. The zero-order valence-electron chi connectivity index (χ0n) is 11.1. The van der Waals surface area contributed by atoms with Crippen LogP contribution in [0.15, 0.2) is 18.2 Å². The molecule has 1 saturated heterocycles. The number of hydroxylamine groups is 2. The Morgan fingerprint density at radius 1 is 0.950 bits per heavy atom. The summed E-state index contributed by atoms with van der Waals surface area (Å²) in [6.45, 7) is 0. The van der Waals surface area contributed by atoms with Gasteiger partial charge in [-0.05, 0) is 48.9 Å². The minimum atomic E-state index is -0.651. The third-order valence-electron chi connectivity index (χ3n) is 3.76. The molecule has 1 fully saturated rings. The van der Waals surface area contributed by atoms with Crippen molar-refractivity contribution < 1.29 is 19.2 Å². The molecule has 5 heteroatoms. The molecule has 0 atom stereocenters. The molecule has 0 radical (unpaired) electrons. The van der Waals surface area contributed by atoms with E-state index in [9.17, 15) is 14.4 Å². The molecule has 0 bridgehead atoms. The number of amides is 2. The summed E-state index contributed by atoms with van der Waals surface area (Å²) in [6, 6.07) is 5.43. The van der Waals surface area contributed by atoms with Crippen LogP contribution in [-0.4, -0.2) is 22.8 Å². The fourth-order valence-electron chi connectivity index (χ4n) is 2.65. The van der Waals surface area contributed by atoms with E-state index >= 15 is 0 Å². The number of hydrogen-bond donors (Lipinski definition) is 0. The van der Waals surface area contributed by atoms with Crippen LogP contribution in [0, 0.1) is 0 Å². The molecule has 2 amide bonds. The van der Waals surface area contributed by atoms with E-state index in [4.69, 9.17) is 4.84 Å². The summed E-state index contributed by atoms with van der Waals surface area (Å²) < 4.78 is 0. The van der Waals surface area contributed by atoms with Gasteiger partial charge in [-0.3, -0.25) is 9.59 Å². The molecule has 1 aliphatic heterocycles. The maximum atomic E-state index is 12.0. The van der Waals surface area contributed by atoms with Crippen molar-refractivity contribution in [3.05, 3.63) is 34.9 Å². The van der Waals surface area contributed by atoms with Crippen LogP contribution in [0.1, 0.15) is 47.2 Å². The summed E-state index contributed by atoms with van der Waals surface area (Å²) in [6.07, 6.45) is 4.50. The van der Waals surface area contributed by atoms with Gasteiger partial charge in [0.25, 0.3) is 11.8 Å². The third kappa shape index (κ3) is 2.31. The van der Waals surface area contributed by atoms with E-state index in [-0.39, 0.29) is 12.8 Å². The van der Waals surface area contributed by atoms with Crippen LogP contribution in [0.2, 0.25) is 0 Å². The summed E-state index contributed by atoms with van der Waals surface area (Å²) in [5.74, 6) is -1.57. The SMILES string of the molecule is O=C(ON1C(=O)CCC1=O)c1ccc2c(c1)CCCC2. The lowest BCUT2D eigenvalue weighted by molar-refractivity contribution is -0.172. The number of hydrogen-bond acceptors (Lipinski definition) is 4. The van der Waals surface area contributed by atoms with Crippen molar-refractivity contribution in [2.24, 2.45) is 0 Å². The van der Waals surface area contributed by atoms with E-state index in [1.165, 1.54) is 12.0 Å². The standard InChI is InChI=1S/C15H15NO4/c17-13-7-8-14(18)16(13)20-15(19)12-6-5-10-3-1-2-4-11(10)9-12/h5-6,9H,1-4,7-8H2. The number of rotatable bonds is 2. The Kier molecular flexibility index (Phi) is 3.26. The fourth-order valence-corrected chi connectivity index (χ4v) is 2.65. The van der Waals surface area contributed by atoms with Gasteiger partial charge in [0.15, 0.2) is 0 Å². The van der Waals surface area contributed by atoms with E-state index < -0.39 is 17.8 Å². The lowest BCUT2D eigenvalue weighted by atomic mass is 9.90. The molecular weight excluding hydrogens is 258 g/mol. The summed E-state index contributed by atoms with van der Waals surface area (Å²) in [5.41, 5.74) is 2.81. The van der Waals surface area contributed by atoms with Crippen molar-refractivity contribution >= 4 is 17.8 Å². The molecule has 5 nitrogen and oxygen atoms in total. The van der Waals surface area contributed by atoms with Crippen LogP contribution < -0.4 is 0 Å². The average molecular weight is 273 g/mol. The van der Waals surface area contributed by atoms with E-state index in [0.29, 0.717) is 10.6 Å². The molecule has 0 spiro atoms. The number of aryl methyl sites for hydroxylation is 2. The molecule has 1 aromatic rings. The summed E-state index contributed by atoms with van der Waals surface area (Å²) in [7, 11) is 0. The highest BCUT2D eigenvalue weighted by molar-refractivity contribution is 6.02. The monoisotopic (exact) mass is 273 g/mol. The first-order valence-corrected chi connectivity index (χ1v) is 6.85. The van der Waals surface area contributed by atoms with Gasteiger partial charge in [-0.1, -0.05) is 6.07 Å². The molecular formula is C15H15NO4. The quantitative estimate of drug-likeness (QED) is 0.771. The van der Waals surface area contributed by atoms with Crippen LogP contribution in [-0.2, 0) is 27.3 Å². The maximum absolute atomic E-state index is 12.0. The molecule has 3 rings (SSSR count). The van der Waals surface area contributed by atoms with Crippen LogP contribution >= 0.6 is 0 Å². The van der Waals surface area contributed by atoms with Gasteiger partial charge in [-0.15, -0.1) is 5.06 Å². The topological polar surface area (TPSA) is 63.7 Å². The molecule has 0 N–H and O–H groups in total. The number of imide groups is 1. The van der Waals surface area contributed by atoms with E-state index in [1.54, 1.807) is 6.07 Å². The number of carbonyl (C=O) groups excluding carboxylic acids is 3. The Labute approximate surface area is 116 Å². The number of nitrogens with zero attached hydrogens (tertiary/aromatic N) is 1. The molecule has 0 unspecified atom stereocenters. The van der Waals surface area contributed by atoms with Gasteiger partial charge in [0, 0.05) is 12.8 Å². The van der Waals surface area contributed by atoms with E-state index in [0.717, 1.165) is 24.8 Å². The Morgan fingerprint density at radius 3 is 2.30 bits per heavy atom. The Bertz CT molecular complexity index is 578. The highest BCUT2D eigenvalue weighted by Gasteiger charge is 2.33. The molecule has 1 heterocycles. The van der Waals surface area contributed by atoms with Crippen LogP contribution in [0.5, 0.6) is 0 Å². The van der Waals surface area contributed by atoms with Crippen molar-refractivity contribution in [1.82, 2.24) is 5.06 Å². The highest BCUT2D eigenvalue weighted by Crippen LogP contribution is 2.23. The number of fused-ring (bicyclic) bond motifs is 1. The van der Waals surface area contributed by atoms with E-state index in [1.807, 2.05) is 12.1 Å². The lowest BCUT2D eigenvalue weighted by Gasteiger charge is -2.17. The first-order valence-electron chi connectivity index (χ1n) is 6.85. The third-order valence-corrected chi connectivity index (χ3v) is 3.76. The van der Waals surface area contributed by atoms with Crippen molar-refractivity contribution in [2.75, 3.05) is 0 Å². The predicted octanol–water partition coefficient (Wildman–Crippen LogP) is 1.79. The van der Waals surface area contributed by atoms with Gasteiger partial charge < -0.3 is 4.84 Å². The molecule has 1 aliphatic carbocycles. The van der Waals surface area contributed by atoms with Gasteiger partial charge in [-0.25, -0.2) is 4.79 Å². The summed E-state index contributed by atoms with van der Waals surface area (Å²) in [5, 5.41) is 0.585. The first kappa shape index (κ1) is 12.8. The maximum Gasteiger partial charge on any atom is 0.363 e. The second-order valence-corrected chi connectivity index (χ2v) is 5.15. The number of carbonyl (C=O) groups is 3. The average Bonchev–Trinajstić information content (AvgIpc) is 2.78. The Hall–Kier alpha value is -2.17. The van der Waals surface area contributed by atoms with Crippen molar-refractivity contribution in [3.63, 3.8) is 0 Å². The number of benzene rings is 1. The Morgan fingerprint density at radius 2 is 1.60 bits per heavy atom. The molecule has 104 valence electrons. The predicted molar refractivity (Wildman–Crippen MR) is 69.6 cm³/mol. The van der Waals surface area contributed by atoms with Crippen LogP contribution in [0.25, 0.3) is 0 Å². The summed E-state index contributed by atoms with van der Waals surface area (Å²) in [4.78, 5) is 39.7. The molecule has 0 saturated carbocycles. The smallest absolute Gasteiger partial charge is 0.325 e. The van der Waals surface area contributed by atoms with Gasteiger partial charge in [0.05, 0.1) is 5.56 Å². The summed E-state index contributed by atoms with van der Waals surface area (Å²) >= 11 is 0. The van der Waals surface area contributed by atoms with Gasteiger partial charge >= 0.3 is 5.97 Å². The second kappa shape index (κ2) is 5.07. The van der Waals surface area contributed by atoms with E-state index in [2.05, 4.69) is 0 Å². The molecule has 20 heavy (non-hydrogen) atoms. The van der Waals surface area contributed by atoms with Crippen molar-refractivity contribution in [3.8, 4) is 0 Å². The van der Waals surface area contributed by atoms with Gasteiger partial charge in [0.1, 0.15) is 0 Å². The zero-order valence-corrected chi connectivity index (χ0v) is 11.1. The Balaban J connectivity index is 1.77.